The average Bonchev–Trinajstić information content (AvgIpc) is 3.11. The summed E-state index contributed by atoms with van der Waals surface area (Å²) in [6, 6.07) is 4.31. The van der Waals surface area contributed by atoms with Gasteiger partial charge in [-0.3, -0.25) is 4.90 Å². The van der Waals surface area contributed by atoms with Crippen LogP contribution >= 0.6 is 15.9 Å². The summed E-state index contributed by atoms with van der Waals surface area (Å²) in [4.78, 5) is 6.53. The van der Waals surface area contributed by atoms with Crippen LogP contribution in [0.4, 0.5) is 14.6 Å². The number of fused-ring (bicyclic) bond motifs is 1. The smallest absolute Gasteiger partial charge is 0.204 e. The van der Waals surface area contributed by atoms with Gasteiger partial charge in [0.1, 0.15) is 24.2 Å². The third kappa shape index (κ3) is 3.81. The Kier molecular flexibility index (Phi) is 5.33. The molecule has 0 radical (unpaired) electrons. The van der Waals surface area contributed by atoms with Gasteiger partial charge in [-0.2, -0.15) is 5.26 Å². The number of anilines is 1. The number of likely N-dealkylation sites (tertiary alicyclic amines) is 1. The molecule has 1 aliphatic heterocycles. The van der Waals surface area contributed by atoms with Gasteiger partial charge < -0.3 is 9.73 Å². The summed E-state index contributed by atoms with van der Waals surface area (Å²) in [5, 5.41) is 13.3. The summed E-state index contributed by atoms with van der Waals surface area (Å²) in [5.41, 5.74) is 0.574. The predicted octanol–water partition coefficient (Wildman–Crippen LogP) is 4.57. The van der Waals surface area contributed by atoms with Crippen LogP contribution in [0.15, 0.2) is 21.2 Å². The first-order valence-electron chi connectivity index (χ1n) is 9.32. The minimum atomic E-state index is -1.35. The number of pyridine rings is 1. The number of piperidine rings is 1. The number of rotatable bonds is 3. The molecule has 8 heteroatoms. The second-order valence-electron chi connectivity index (χ2n) is 7.39. The van der Waals surface area contributed by atoms with Crippen LogP contribution in [0.5, 0.6) is 0 Å². The lowest BCUT2D eigenvalue weighted by Crippen LogP contribution is -2.49. The van der Waals surface area contributed by atoms with Crippen molar-refractivity contribution in [1.82, 2.24) is 9.88 Å². The molecule has 144 valence electrons. The van der Waals surface area contributed by atoms with E-state index in [1.54, 1.807) is 12.3 Å². The van der Waals surface area contributed by atoms with Gasteiger partial charge in [-0.15, -0.1) is 0 Å². The molecule has 1 saturated heterocycles. The summed E-state index contributed by atoms with van der Waals surface area (Å²) in [5.74, 6) is 0.992. The fourth-order valence-corrected chi connectivity index (χ4v) is 4.67. The fourth-order valence-electron chi connectivity index (χ4n) is 4.15. The maximum absolute atomic E-state index is 13.7. The summed E-state index contributed by atoms with van der Waals surface area (Å²) in [6.07, 6.45) is 3.10. The standard InChI is InChI=1S/C19H21BrF2N4O/c20-18-14-7-13(8-23)27-17(14)9-24-19(18)25-11-1-3-12(4-2-11)26-6-5-15(21)16(22)10-26/h7,9,11-12,15-16H,1-6,10H2,(H,24,25)/t11?,12?,15-,16-/m1/s1. The van der Waals surface area contributed by atoms with Gasteiger partial charge in [0.2, 0.25) is 5.76 Å². The van der Waals surface area contributed by atoms with E-state index in [1.807, 2.05) is 6.07 Å². The number of halogens is 3. The Bertz CT molecular complexity index is 859. The van der Waals surface area contributed by atoms with E-state index in [2.05, 4.69) is 31.1 Å². The first kappa shape index (κ1) is 18.6. The molecular formula is C19H21BrF2N4O. The third-order valence-corrected chi connectivity index (χ3v) is 6.48. The molecule has 1 aliphatic carbocycles. The number of alkyl halides is 2. The number of nitrogens with one attached hydrogen (secondary N) is 1. The van der Waals surface area contributed by atoms with Crippen molar-refractivity contribution in [1.29, 1.82) is 5.26 Å². The van der Waals surface area contributed by atoms with E-state index in [9.17, 15) is 8.78 Å². The van der Waals surface area contributed by atoms with Crippen molar-refractivity contribution in [2.24, 2.45) is 0 Å². The lowest BCUT2D eigenvalue weighted by Gasteiger charge is -2.40. The second-order valence-corrected chi connectivity index (χ2v) is 8.18. The van der Waals surface area contributed by atoms with E-state index in [0.717, 1.165) is 41.4 Å². The van der Waals surface area contributed by atoms with Gasteiger partial charge in [0.05, 0.1) is 10.7 Å². The van der Waals surface area contributed by atoms with Crippen molar-refractivity contribution in [2.75, 3.05) is 18.4 Å². The van der Waals surface area contributed by atoms with E-state index >= 15 is 0 Å². The first-order chi connectivity index (χ1) is 13.0. The molecule has 2 aromatic heterocycles. The first-order valence-corrected chi connectivity index (χ1v) is 10.1. The molecule has 2 fully saturated rings. The van der Waals surface area contributed by atoms with Crippen LogP contribution < -0.4 is 5.32 Å². The van der Waals surface area contributed by atoms with Crippen molar-refractivity contribution in [3.63, 3.8) is 0 Å². The highest BCUT2D eigenvalue weighted by atomic mass is 79.9. The second kappa shape index (κ2) is 7.72. The van der Waals surface area contributed by atoms with Gasteiger partial charge in [0.15, 0.2) is 5.58 Å². The predicted molar refractivity (Wildman–Crippen MR) is 102 cm³/mol. The van der Waals surface area contributed by atoms with E-state index in [1.165, 1.54) is 0 Å². The highest BCUT2D eigenvalue weighted by Gasteiger charge is 2.34. The SMILES string of the molecule is N#Cc1cc2c(Br)c(NC3CCC(N4CC[C@@H](F)[C@H](F)C4)CC3)ncc2o1. The molecule has 1 saturated carbocycles. The molecule has 3 heterocycles. The quantitative estimate of drug-likeness (QED) is 0.760. The molecule has 5 nitrogen and oxygen atoms in total. The Morgan fingerprint density at radius 3 is 2.70 bits per heavy atom. The number of nitriles is 1. The van der Waals surface area contributed by atoms with Crippen LogP contribution in [-0.2, 0) is 0 Å². The summed E-state index contributed by atoms with van der Waals surface area (Å²) in [7, 11) is 0. The molecule has 0 spiro atoms. The number of aromatic nitrogens is 1. The van der Waals surface area contributed by atoms with Crippen LogP contribution in [0, 0.1) is 11.3 Å². The summed E-state index contributed by atoms with van der Waals surface area (Å²) < 4.78 is 33.2. The molecule has 27 heavy (non-hydrogen) atoms. The van der Waals surface area contributed by atoms with Crippen molar-refractivity contribution in [2.45, 2.75) is 56.5 Å². The number of hydrogen-bond acceptors (Lipinski definition) is 5. The number of nitrogens with zero attached hydrogens (tertiary/aromatic N) is 3. The Morgan fingerprint density at radius 2 is 2.00 bits per heavy atom. The highest BCUT2D eigenvalue weighted by Crippen LogP contribution is 2.34. The van der Waals surface area contributed by atoms with Gasteiger partial charge in [-0.25, -0.2) is 13.8 Å². The van der Waals surface area contributed by atoms with Gasteiger partial charge in [-0.05, 0) is 48.0 Å². The van der Waals surface area contributed by atoms with Crippen LogP contribution in [0.2, 0.25) is 0 Å². The average molecular weight is 439 g/mol. The maximum Gasteiger partial charge on any atom is 0.204 e. The minimum Gasteiger partial charge on any atom is -0.444 e. The van der Waals surface area contributed by atoms with Gasteiger partial charge in [0.25, 0.3) is 0 Å². The third-order valence-electron chi connectivity index (χ3n) is 5.67. The van der Waals surface area contributed by atoms with Crippen LogP contribution in [-0.4, -0.2) is 47.4 Å². The van der Waals surface area contributed by atoms with Crippen molar-refractivity contribution in [3.05, 3.63) is 22.5 Å². The molecule has 4 rings (SSSR count). The molecule has 0 amide bonds. The topological polar surface area (TPSA) is 65.1 Å². The van der Waals surface area contributed by atoms with E-state index in [0.29, 0.717) is 24.6 Å². The molecule has 0 bridgehead atoms. The largest absolute Gasteiger partial charge is 0.444 e. The zero-order valence-electron chi connectivity index (χ0n) is 14.8. The van der Waals surface area contributed by atoms with Crippen LogP contribution in [0.25, 0.3) is 11.0 Å². The summed E-state index contributed by atoms with van der Waals surface area (Å²) >= 11 is 3.56. The Labute approximate surface area is 164 Å². The molecule has 2 aromatic rings. The van der Waals surface area contributed by atoms with Crippen molar-refractivity contribution in [3.8, 4) is 6.07 Å². The molecule has 2 atom stereocenters. The van der Waals surface area contributed by atoms with Gasteiger partial charge in [0, 0.05) is 36.6 Å². The monoisotopic (exact) mass is 438 g/mol. The van der Waals surface area contributed by atoms with Crippen LogP contribution in [0.3, 0.4) is 0 Å². The molecule has 0 aromatic carbocycles. The number of hydrogen-bond donors (Lipinski definition) is 1. The summed E-state index contributed by atoms with van der Waals surface area (Å²) in [6.45, 7) is 0.866. The molecular weight excluding hydrogens is 418 g/mol. The molecule has 1 N–H and O–H groups in total. The zero-order valence-corrected chi connectivity index (χ0v) is 16.4. The maximum atomic E-state index is 13.7. The van der Waals surface area contributed by atoms with E-state index in [4.69, 9.17) is 9.68 Å². The molecule has 0 unspecified atom stereocenters. The Balaban J connectivity index is 1.37. The van der Waals surface area contributed by atoms with Crippen molar-refractivity contribution < 1.29 is 13.2 Å². The molecule has 2 aliphatic rings. The minimum absolute atomic E-state index is 0.218. The van der Waals surface area contributed by atoms with Crippen molar-refractivity contribution >= 4 is 32.7 Å². The normalized spacial score (nSPS) is 29.6. The highest BCUT2D eigenvalue weighted by molar-refractivity contribution is 9.10. The Morgan fingerprint density at radius 1 is 1.22 bits per heavy atom. The van der Waals surface area contributed by atoms with E-state index in [-0.39, 0.29) is 18.3 Å². The van der Waals surface area contributed by atoms with Gasteiger partial charge in [-0.1, -0.05) is 0 Å². The Hall–Kier alpha value is -1.72. The number of furan rings is 1. The van der Waals surface area contributed by atoms with Gasteiger partial charge >= 0.3 is 0 Å². The van der Waals surface area contributed by atoms with E-state index < -0.39 is 12.3 Å². The van der Waals surface area contributed by atoms with Crippen LogP contribution in [0.1, 0.15) is 37.9 Å². The zero-order chi connectivity index (χ0) is 19.0. The fraction of sp³-hybridized carbons (Fsp3) is 0.579. The lowest BCUT2D eigenvalue weighted by molar-refractivity contribution is 0.0260. The lowest BCUT2D eigenvalue weighted by atomic mass is 9.89.